The molecule has 1 aliphatic rings. The number of nitrogens with one attached hydrogen (secondary N) is 1. The van der Waals surface area contributed by atoms with Crippen LogP contribution < -0.4 is 5.32 Å². The molecule has 0 saturated heterocycles. The minimum atomic E-state index is -0.370. The average Bonchev–Trinajstić information content (AvgIpc) is 2.49. The number of carbonyl (C=O) groups excluding carboxylic acids is 1. The molecule has 1 atom stereocenters. The summed E-state index contributed by atoms with van der Waals surface area (Å²) in [5.41, 5.74) is 2.13. The molecule has 1 aromatic rings. The van der Waals surface area contributed by atoms with Crippen molar-refractivity contribution < 1.29 is 9.53 Å². The van der Waals surface area contributed by atoms with Crippen molar-refractivity contribution >= 4 is 21.9 Å². The highest BCUT2D eigenvalue weighted by atomic mass is 79.9. The van der Waals surface area contributed by atoms with Gasteiger partial charge >= 0.3 is 5.97 Å². The van der Waals surface area contributed by atoms with Crippen molar-refractivity contribution in [1.29, 1.82) is 0 Å². The molecule has 0 radical (unpaired) electrons. The molecule has 0 aromatic heterocycles. The van der Waals surface area contributed by atoms with Crippen LogP contribution in [0.15, 0.2) is 22.7 Å². The lowest BCUT2D eigenvalue weighted by atomic mass is 9.94. The number of ether oxygens (including phenoxy) is 1. The van der Waals surface area contributed by atoms with Gasteiger partial charge in [-0.1, -0.05) is 47.3 Å². The van der Waals surface area contributed by atoms with Gasteiger partial charge in [-0.25, -0.2) is 4.79 Å². The molecule has 1 saturated carbocycles. The van der Waals surface area contributed by atoms with Gasteiger partial charge in [0, 0.05) is 10.5 Å². The van der Waals surface area contributed by atoms with E-state index >= 15 is 0 Å². The number of esters is 1. The molecule has 0 bridgehead atoms. The predicted octanol–water partition coefficient (Wildman–Crippen LogP) is 4.28. The number of benzene rings is 1. The van der Waals surface area contributed by atoms with Crippen molar-refractivity contribution in [3.63, 3.8) is 0 Å². The summed E-state index contributed by atoms with van der Waals surface area (Å²) >= 11 is 3.55. The van der Waals surface area contributed by atoms with Crippen LogP contribution in [-0.4, -0.2) is 18.6 Å². The van der Waals surface area contributed by atoms with Crippen molar-refractivity contribution in [1.82, 2.24) is 5.32 Å². The van der Waals surface area contributed by atoms with Gasteiger partial charge in [0.2, 0.25) is 0 Å². The molecule has 1 N–H and O–H groups in total. The smallest absolute Gasteiger partial charge is 0.327 e. The third-order valence-electron chi connectivity index (χ3n) is 4.06. The molecule has 1 unspecified atom stereocenters. The van der Waals surface area contributed by atoms with Gasteiger partial charge in [-0.05, 0) is 43.9 Å². The Balaban J connectivity index is 2.17. The Morgan fingerprint density at radius 1 is 1.38 bits per heavy atom. The van der Waals surface area contributed by atoms with E-state index in [0.29, 0.717) is 12.6 Å². The molecule has 1 aromatic carbocycles. The number of rotatable bonds is 5. The van der Waals surface area contributed by atoms with Crippen LogP contribution in [0.5, 0.6) is 0 Å². The highest BCUT2D eigenvalue weighted by molar-refractivity contribution is 9.10. The molecule has 0 spiro atoms. The Bertz CT molecular complexity index is 484. The lowest BCUT2D eigenvalue weighted by Gasteiger charge is -2.28. The Morgan fingerprint density at radius 2 is 2.10 bits per heavy atom. The second kappa shape index (κ2) is 7.95. The number of hydrogen-bond donors (Lipinski definition) is 1. The molecular formula is C17H24BrNO2. The first-order chi connectivity index (χ1) is 10.1. The second-order valence-corrected chi connectivity index (χ2v) is 6.55. The summed E-state index contributed by atoms with van der Waals surface area (Å²) in [5, 5.41) is 3.51. The first-order valence-corrected chi connectivity index (χ1v) is 8.60. The lowest BCUT2D eigenvalue weighted by Crippen LogP contribution is -2.39. The van der Waals surface area contributed by atoms with Crippen molar-refractivity contribution in [2.75, 3.05) is 6.61 Å². The van der Waals surface area contributed by atoms with Gasteiger partial charge in [0.15, 0.2) is 0 Å². The highest BCUT2D eigenvalue weighted by Gasteiger charge is 2.26. The summed E-state index contributed by atoms with van der Waals surface area (Å²) in [6, 6.07) is 6.11. The Morgan fingerprint density at radius 3 is 2.71 bits per heavy atom. The monoisotopic (exact) mass is 353 g/mol. The Labute approximate surface area is 135 Å². The van der Waals surface area contributed by atoms with Crippen LogP contribution in [0.3, 0.4) is 0 Å². The lowest BCUT2D eigenvalue weighted by molar-refractivity contribution is -0.146. The van der Waals surface area contributed by atoms with E-state index < -0.39 is 0 Å². The minimum Gasteiger partial charge on any atom is -0.465 e. The average molecular weight is 354 g/mol. The van der Waals surface area contributed by atoms with Crippen LogP contribution in [0.4, 0.5) is 0 Å². The van der Waals surface area contributed by atoms with Gasteiger partial charge in [0.25, 0.3) is 0 Å². The third kappa shape index (κ3) is 4.55. The van der Waals surface area contributed by atoms with Gasteiger partial charge in [0.1, 0.15) is 6.04 Å². The van der Waals surface area contributed by atoms with Crippen LogP contribution in [-0.2, 0) is 9.53 Å². The predicted molar refractivity (Wildman–Crippen MR) is 88.3 cm³/mol. The maximum atomic E-state index is 12.3. The van der Waals surface area contributed by atoms with Crippen LogP contribution >= 0.6 is 15.9 Å². The number of halogens is 1. The standard InChI is InChI=1S/C17H24BrNO2/c1-3-21-17(20)16(19-14-7-5-4-6-8-14)13-10-9-12(2)15(18)11-13/h9-11,14,16,19H,3-8H2,1-2H3. The molecule has 4 heteroatoms. The molecular weight excluding hydrogens is 330 g/mol. The first-order valence-electron chi connectivity index (χ1n) is 7.80. The van der Waals surface area contributed by atoms with Crippen LogP contribution in [0.1, 0.15) is 56.2 Å². The summed E-state index contributed by atoms with van der Waals surface area (Å²) in [6.07, 6.45) is 6.07. The zero-order chi connectivity index (χ0) is 15.2. The van der Waals surface area contributed by atoms with E-state index in [1.165, 1.54) is 24.8 Å². The number of hydrogen-bond acceptors (Lipinski definition) is 3. The van der Waals surface area contributed by atoms with E-state index in [-0.39, 0.29) is 12.0 Å². The summed E-state index contributed by atoms with van der Waals surface area (Å²) < 4.78 is 6.28. The normalized spacial score (nSPS) is 17.5. The third-order valence-corrected chi connectivity index (χ3v) is 4.91. The minimum absolute atomic E-state index is 0.182. The molecule has 2 rings (SSSR count). The maximum Gasteiger partial charge on any atom is 0.327 e. The van der Waals surface area contributed by atoms with Crippen molar-refractivity contribution in [2.24, 2.45) is 0 Å². The molecule has 0 heterocycles. The molecule has 3 nitrogen and oxygen atoms in total. The highest BCUT2D eigenvalue weighted by Crippen LogP contribution is 2.26. The summed E-state index contributed by atoms with van der Waals surface area (Å²) in [6.45, 7) is 4.30. The first kappa shape index (κ1) is 16.5. The molecule has 0 amide bonds. The summed E-state index contributed by atoms with van der Waals surface area (Å²) in [7, 11) is 0. The van der Waals surface area contributed by atoms with Crippen LogP contribution in [0.25, 0.3) is 0 Å². The fourth-order valence-corrected chi connectivity index (χ4v) is 3.22. The van der Waals surface area contributed by atoms with Gasteiger partial charge in [0.05, 0.1) is 6.61 Å². The van der Waals surface area contributed by atoms with Gasteiger partial charge in [-0.2, -0.15) is 0 Å². The van der Waals surface area contributed by atoms with Crippen molar-refractivity contribution in [3.8, 4) is 0 Å². The molecule has 21 heavy (non-hydrogen) atoms. The van der Waals surface area contributed by atoms with Gasteiger partial charge in [-0.3, -0.25) is 5.32 Å². The van der Waals surface area contributed by atoms with Crippen LogP contribution in [0.2, 0.25) is 0 Å². The molecule has 1 aliphatic carbocycles. The second-order valence-electron chi connectivity index (χ2n) is 5.70. The van der Waals surface area contributed by atoms with E-state index in [9.17, 15) is 4.79 Å². The maximum absolute atomic E-state index is 12.3. The largest absolute Gasteiger partial charge is 0.465 e. The number of carbonyl (C=O) groups is 1. The van der Waals surface area contributed by atoms with E-state index in [1.54, 1.807) is 0 Å². The molecule has 0 aliphatic heterocycles. The van der Waals surface area contributed by atoms with Gasteiger partial charge in [-0.15, -0.1) is 0 Å². The van der Waals surface area contributed by atoms with E-state index in [4.69, 9.17) is 4.74 Å². The van der Waals surface area contributed by atoms with Gasteiger partial charge < -0.3 is 4.74 Å². The number of aryl methyl sites for hydroxylation is 1. The van der Waals surface area contributed by atoms with E-state index in [2.05, 4.69) is 21.2 Å². The molecule has 116 valence electrons. The fraction of sp³-hybridized carbons (Fsp3) is 0.588. The van der Waals surface area contributed by atoms with E-state index in [1.807, 2.05) is 32.0 Å². The quantitative estimate of drug-likeness (QED) is 0.802. The zero-order valence-electron chi connectivity index (χ0n) is 12.8. The summed E-state index contributed by atoms with van der Waals surface area (Å²) in [5.74, 6) is -0.182. The Kier molecular flexibility index (Phi) is 6.24. The van der Waals surface area contributed by atoms with E-state index in [0.717, 1.165) is 22.9 Å². The van der Waals surface area contributed by atoms with Crippen LogP contribution in [0, 0.1) is 6.92 Å². The SMILES string of the molecule is CCOC(=O)C(NC1CCCCC1)c1ccc(C)c(Br)c1. The van der Waals surface area contributed by atoms with Crippen molar-refractivity contribution in [2.45, 2.75) is 58.0 Å². The fourth-order valence-electron chi connectivity index (χ4n) is 2.82. The zero-order valence-corrected chi connectivity index (χ0v) is 14.4. The topological polar surface area (TPSA) is 38.3 Å². The summed E-state index contributed by atoms with van der Waals surface area (Å²) in [4.78, 5) is 12.3. The Hall–Kier alpha value is -0.870. The molecule has 1 fully saturated rings. The van der Waals surface area contributed by atoms with Crippen molar-refractivity contribution in [3.05, 3.63) is 33.8 Å².